The maximum Gasteiger partial charge on any atom is 0.277 e. The molecule has 0 fully saturated rings. The van der Waals surface area contributed by atoms with E-state index in [0.717, 1.165) is 11.8 Å². The Kier molecular flexibility index (Phi) is 6.98. The van der Waals surface area contributed by atoms with Gasteiger partial charge in [-0.1, -0.05) is 23.9 Å². The maximum atomic E-state index is 12.1. The van der Waals surface area contributed by atoms with Gasteiger partial charge in [-0.3, -0.25) is 4.79 Å². The second-order valence-corrected chi connectivity index (χ2v) is 6.92. The Morgan fingerprint density at radius 3 is 2.23 bits per heavy atom. The van der Waals surface area contributed by atoms with E-state index in [1.165, 1.54) is 45.6 Å². The van der Waals surface area contributed by atoms with E-state index in [4.69, 9.17) is 18.6 Å². The number of thioether (sulfide) groups is 1. The minimum atomic E-state index is -1.28. The van der Waals surface area contributed by atoms with Crippen LogP contribution in [0.2, 0.25) is 0 Å². The molecule has 1 amide bonds. The standard InChI is InChI=1S/C20H19N3O7S/c1-27-14-8-12(9-15(28-2)17(14)29-3)18-22-23-20(30-18)31-10-16(24)21-13-6-4-11(5-7-13)19(25)26/h4-9H,10H2,1-3H3,(H,21,24)(H,25,26)/p-1. The fourth-order valence-corrected chi connectivity index (χ4v) is 3.17. The van der Waals surface area contributed by atoms with Gasteiger partial charge in [-0.25, -0.2) is 0 Å². The Balaban J connectivity index is 1.65. The second-order valence-electron chi connectivity index (χ2n) is 5.99. The largest absolute Gasteiger partial charge is 0.545 e. The third kappa shape index (κ3) is 5.25. The molecule has 0 spiro atoms. The van der Waals surface area contributed by atoms with Gasteiger partial charge in [-0.05, 0) is 29.8 Å². The molecule has 31 heavy (non-hydrogen) atoms. The molecule has 3 rings (SSSR count). The molecule has 0 atom stereocenters. The summed E-state index contributed by atoms with van der Waals surface area (Å²) in [5.41, 5.74) is 1.04. The van der Waals surface area contributed by atoms with Gasteiger partial charge in [0, 0.05) is 11.3 Å². The summed E-state index contributed by atoms with van der Waals surface area (Å²) in [5.74, 6) is -0.0561. The van der Waals surface area contributed by atoms with E-state index in [1.54, 1.807) is 12.1 Å². The summed E-state index contributed by atoms with van der Waals surface area (Å²) in [7, 11) is 4.51. The van der Waals surface area contributed by atoms with Crippen LogP contribution in [0.4, 0.5) is 5.69 Å². The topological polar surface area (TPSA) is 136 Å². The SMILES string of the molecule is COc1cc(-c2nnc(SCC(=O)Nc3ccc(C(=O)[O-])cc3)o2)cc(OC)c1OC. The number of nitrogens with one attached hydrogen (secondary N) is 1. The first kappa shape index (κ1) is 22.0. The fourth-order valence-electron chi connectivity index (χ4n) is 2.60. The third-order valence-corrected chi connectivity index (χ3v) is 4.87. The normalized spacial score (nSPS) is 10.4. The number of benzene rings is 2. The van der Waals surface area contributed by atoms with Crippen molar-refractivity contribution in [1.82, 2.24) is 10.2 Å². The fraction of sp³-hybridized carbons (Fsp3) is 0.200. The van der Waals surface area contributed by atoms with Gasteiger partial charge < -0.3 is 33.8 Å². The Morgan fingerprint density at radius 2 is 1.68 bits per heavy atom. The first-order valence-electron chi connectivity index (χ1n) is 8.83. The van der Waals surface area contributed by atoms with Crippen LogP contribution in [-0.2, 0) is 4.79 Å². The highest BCUT2D eigenvalue weighted by Gasteiger charge is 2.18. The zero-order chi connectivity index (χ0) is 22.4. The Hall–Kier alpha value is -3.73. The number of methoxy groups -OCH3 is 3. The van der Waals surface area contributed by atoms with E-state index in [9.17, 15) is 14.7 Å². The number of carbonyl (C=O) groups excluding carboxylic acids is 2. The number of ether oxygens (including phenoxy) is 3. The highest BCUT2D eigenvalue weighted by Crippen LogP contribution is 2.41. The monoisotopic (exact) mass is 444 g/mol. The number of carboxylic acid groups (broad SMARTS) is 1. The van der Waals surface area contributed by atoms with Crippen molar-refractivity contribution in [3.63, 3.8) is 0 Å². The summed E-state index contributed by atoms with van der Waals surface area (Å²) >= 11 is 1.06. The van der Waals surface area contributed by atoms with Crippen LogP contribution in [0, 0.1) is 0 Å². The molecule has 1 aromatic heterocycles. The van der Waals surface area contributed by atoms with Crippen LogP contribution in [0.15, 0.2) is 46.0 Å². The van der Waals surface area contributed by atoms with Gasteiger partial charge in [0.2, 0.25) is 17.5 Å². The molecule has 0 aliphatic carbocycles. The predicted molar refractivity (Wildman–Crippen MR) is 110 cm³/mol. The summed E-state index contributed by atoms with van der Waals surface area (Å²) in [5, 5.41) is 21.5. The zero-order valence-corrected chi connectivity index (χ0v) is 17.6. The van der Waals surface area contributed by atoms with Crippen LogP contribution in [0.25, 0.3) is 11.5 Å². The first-order valence-corrected chi connectivity index (χ1v) is 9.81. The van der Waals surface area contributed by atoms with Gasteiger partial charge in [0.05, 0.1) is 33.1 Å². The van der Waals surface area contributed by atoms with E-state index < -0.39 is 5.97 Å². The molecular weight excluding hydrogens is 426 g/mol. The molecule has 1 heterocycles. The lowest BCUT2D eigenvalue weighted by molar-refractivity contribution is -0.255. The van der Waals surface area contributed by atoms with Crippen molar-refractivity contribution in [1.29, 1.82) is 0 Å². The Labute approximate surface area is 181 Å². The number of carboxylic acids is 1. The molecule has 162 valence electrons. The molecule has 0 saturated carbocycles. The Morgan fingerprint density at radius 1 is 1.03 bits per heavy atom. The molecule has 2 aromatic carbocycles. The Bertz CT molecular complexity index is 1060. The molecule has 0 unspecified atom stereocenters. The predicted octanol–water partition coefficient (Wildman–Crippen LogP) is 1.86. The number of aromatic carboxylic acids is 1. The molecule has 11 heteroatoms. The molecule has 0 saturated heterocycles. The van der Waals surface area contributed by atoms with Crippen LogP contribution >= 0.6 is 11.8 Å². The van der Waals surface area contributed by atoms with Crippen LogP contribution in [0.1, 0.15) is 10.4 Å². The van der Waals surface area contributed by atoms with Crippen molar-refractivity contribution in [2.24, 2.45) is 0 Å². The molecule has 0 radical (unpaired) electrons. The van der Waals surface area contributed by atoms with Gasteiger partial charge in [-0.2, -0.15) is 0 Å². The van der Waals surface area contributed by atoms with Gasteiger partial charge >= 0.3 is 0 Å². The summed E-state index contributed by atoms with van der Waals surface area (Å²) < 4.78 is 21.5. The van der Waals surface area contributed by atoms with Crippen molar-refractivity contribution >= 4 is 29.3 Å². The van der Waals surface area contributed by atoms with E-state index in [1.807, 2.05) is 0 Å². The average Bonchev–Trinajstić information content (AvgIpc) is 3.26. The smallest absolute Gasteiger partial charge is 0.277 e. The van der Waals surface area contributed by atoms with E-state index in [2.05, 4.69) is 15.5 Å². The van der Waals surface area contributed by atoms with Crippen LogP contribution in [0.3, 0.4) is 0 Å². The first-order chi connectivity index (χ1) is 14.9. The van der Waals surface area contributed by atoms with E-state index >= 15 is 0 Å². The molecule has 1 N–H and O–H groups in total. The quantitative estimate of drug-likeness (QED) is 0.487. The number of carbonyl (C=O) groups is 2. The zero-order valence-electron chi connectivity index (χ0n) is 16.8. The van der Waals surface area contributed by atoms with Crippen molar-refractivity contribution < 1.29 is 33.3 Å². The summed E-state index contributed by atoms with van der Waals surface area (Å²) in [6.07, 6.45) is 0. The summed E-state index contributed by atoms with van der Waals surface area (Å²) in [6.45, 7) is 0. The van der Waals surface area contributed by atoms with Crippen molar-refractivity contribution in [3.05, 3.63) is 42.0 Å². The molecule has 0 aliphatic heterocycles. The number of amides is 1. The minimum Gasteiger partial charge on any atom is -0.545 e. The number of rotatable bonds is 9. The van der Waals surface area contributed by atoms with E-state index in [-0.39, 0.29) is 28.3 Å². The average molecular weight is 444 g/mol. The second kappa shape index (κ2) is 9.85. The van der Waals surface area contributed by atoms with Crippen LogP contribution < -0.4 is 24.6 Å². The molecule has 10 nitrogen and oxygen atoms in total. The molecule has 3 aromatic rings. The van der Waals surface area contributed by atoms with Crippen LogP contribution in [-0.4, -0.2) is 49.2 Å². The van der Waals surface area contributed by atoms with Crippen molar-refractivity contribution in [2.45, 2.75) is 5.22 Å². The lowest BCUT2D eigenvalue weighted by atomic mass is 10.2. The third-order valence-electron chi connectivity index (χ3n) is 4.05. The number of anilines is 1. The lowest BCUT2D eigenvalue weighted by Gasteiger charge is -2.12. The summed E-state index contributed by atoms with van der Waals surface area (Å²) in [4.78, 5) is 22.9. The summed E-state index contributed by atoms with van der Waals surface area (Å²) in [6, 6.07) is 8.99. The highest BCUT2D eigenvalue weighted by atomic mass is 32.2. The van der Waals surface area contributed by atoms with E-state index in [0.29, 0.717) is 28.5 Å². The molecule has 0 aliphatic rings. The molecule has 0 bridgehead atoms. The minimum absolute atomic E-state index is 0.0130. The van der Waals surface area contributed by atoms with Gasteiger partial charge in [0.15, 0.2) is 11.5 Å². The maximum absolute atomic E-state index is 12.1. The van der Waals surface area contributed by atoms with Crippen molar-refractivity contribution in [3.8, 4) is 28.7 Å². The lowest BCUT2D eigenvalue weighted by Crippen LogP contribution is -2.22. The number of aromatic nitrogens is 2. The van der Waals surface area contributed by atoms with Gasteiger partial charge in [0.25, 0.3) is 5.22 Å². The highest BCUT2D eigenvalue weighted by molar-refractivity contribution is 7.99. The van der Waals surface area contributed by atoms with Crippen LogP contribution in [0.5, 0.6) is 17.2 Å². The van der Waals surface area contributed by atoms with Gasteiger partial charge in [-0.15, -0.1) is 10.2 Å². The number of nitrogens with zero attached hydrogens (tertiary/aromatic N) is 2. The molecular formula is C20H18N3O7S-. The van der Waals surface area contributed by atoms with Gasteiger partial charge in [0.1, 0.15) is 0 Å². The number of hydrogen-bond acceptors (Lipinski definition) is 10. The number of hydrogen-bond donors (Lipinski definition) is 1. The van der Waals surface area contributed by atoms with Crippen molar-refractivity contribution in [2.75, 3.05) is 32.4 Å².